The first-order chi connectivity index (χ1) is 9.30. The van der Waals surface area contributed by atoms with Crippen molar-refractivity contribution in [3.05, 3.63) is 0 Å². The van der Waals surface area contributed by atoms with Crippen LogP contribution in [0, 0.1) is 17.3 Å². The van der Waals surface area contributed by atoms with Crippen LogP contribution in [0.4, 0.5) is 0 Å². The molecule has 3 heteroatoms. The summed E-state index contributed by atoms with van der Waals surface area (Å²) in [5.41, 5.74) is 0.545. The summed E-state index contributed by atoms with van der Waals surface area (Å²) >= 11 is 0. The summed E-state index contributed by atoms with van der Waals surface area (Å²) in [4.78, 5) is 0. The zero-order chi connectivity index (χ0) is 14.6. The monoisotopic (exact) mass is 297 g/mol. The highest BCUT2D eigenvalue weighted by Gasteiger charge is 2.65. The maximum Gasteiger partial charge on any atom is 0.0975 e. The molecule has 2 nitrogen and oxygen atoms in total. The minimum atomic E-state index is -0.946. The van der Waals surface area contributed by atoms with E-state index >= 15 is 0 Å². The highest BCUT2D eigenvalue weighted by molar-refractivity contribution is 7.84. The molecule has 2 bridgehead atoms. The molecule has 0 saturated heterocycles. The van der Waals surface area contributed by atoms with Gasteiger partial charge >= 0.3 is 0 Å². The van der Waals surface area contributed by atoms with Gasteiger partial charge in [-0.3, -0.25) is 0 Å². The van der Waals surface area contributed by atoms with Gasteiger partial charge in [0.25, 0.3) is 0 Å². The lowest BCUT2D eigenvalue weighted by Crippen LogP contribution is -2.62. The van der Waals surface area contributed by atoms with Crippen molar-refractivity contribution in [2.45, 2.75) is 89.3 Å². The third-order valence-corrected chi connectivity index (χ3v) is 8.39. The molecule has 0 aromatic carbocycles. The molecule has 1 N–H and O–H groups in total. The normalized spacial score (nSPS) is 41.2. The van der Waals surface area contributed by atoms with Crippen molar-refractivity contribution >= 4 is 11.0 Å². The largest absolute Gasteiger partial charge is 0.242 e. The van der Waals surface area contributed by atoms with Crippen LogP contribution in [0.5, 0.6) is 0 Å². The van der Waals surface area contributed by atoms with E-state index in [-0.39, 0.29) is 10.3 Å². The van der Waals surface area contributed by atoms with Gasteiger partial charge in [0.1, 0.15) is 0 Å². The van der Waals surface area contributed by atoms with Crippen LogP contribution >= 0.6 is 0 Å². The van der Waals surface area contributed by atoms with Gasteiger partial charge in [-0.15, -0.1) is 0 Å². The van der Waals surface area contributed by atoms with Crippen molar-refractivity contribution in [1.82, 2.24) is 4.72 Å². The third-order valence-electron chi connectivity index (χ3n) is 6.67. The molecular weight excluding hydrogens is 266 g/mol. The zero-order valence-corrected chi connectivity index (χ0v) is 14.4. The topological polar surface area (TPSA) is 29.1 Å². The van der Waals surface area contributed by atoms with E-state index in [0.717, 1.165) is 11.8 Å². The second-order valence-electron chi connectivity index (χ2n) is 8.61. The lowest BCUT2D eigenvalue weighted by atomic mass is 9.56. The van der Waals surface area contributed by atoms with E-state index in [2.05, 4.69) is 32.4 Å². The SMILES string of the molecule is CC(C)(C)S(=O)N[C@@]1(C)[C@@H]2CC[C@@H](C2)C12CCCCC2. The van der Waals surface area contributed by atoms with Crippen molar-refractivity contribution in [1.29, 1.82) is 0 Å². The van der Waals surface area contributed by atoms with Gasteiger partial charge in [0.15, 0.2) is 0 Å². The molecule has 3 aliphatic carbocycles. The maximum absolute atomic E-state index is 12.7. The molecule has 20 heavy (non-hydrogen) atoms. The lowest BCUT2D eigenvalue weighted by Gasteiger charge is -2.54. The van der Waals surface area contributed by atoms with Gasteiger partial charge < -0.3 is 0 Å². The van der Waals surface area contributed by atoms with E-state index in [0.29, 0.717) is 5.41 Å². The summed E-state index contributed by atoms with van der Waals surface area (Å²) in [5, 5.41) is 0. The highest BCUT2D eigenvalue weighted by atomic mass is 32.2. The molecule has 0 radical (unpaired) electrons. The van der Waals surface area contributed by atoms with Crippen molar-refractivity contribution in [3.8, 4) is 0 Å². The summed E-state index contributed by atoms with van der Waals surface area (Å²) in [7, 11) is -0.946. The first-order valence-electron chi connectivity index (χ1n) is 8.49. The second-order valence-corrected chi connectivity index (χ2v) is 10.6. The molecule has 1 spiro atoms. The molecular formula is C17H31NOS. The first-order valence-corrected chi connectivity index (χ1v) is 9.64. The molecule has 4 atom stereocenters. The standard InChI is InChI=1S/C17H31NOS/c1-15(2,3)20(19)18-16(4)13-8-9-14(12-13)17(16)10-6-5-7-11-17/h13-14,18H,5-12H2,1-4H3/t13-,14+,16+,20?/m1/s1. The Kier molecular flexibility index (Phi) is 3.61. The Morgan fingerprint density at radius 1 is 1.05 bits per heavy atom. The fourth-order valence-electron chi connectivity index (χ4n) is 5.48. The third kappa shape index (κ3) is 2.03. The minimum Gasteiger partial charge on any atom is -0.242 e. The summed E-state index contributed by atoms with van der Waals surface area (Å²) in [5.74, 6) is 1.64. The Morgan fingerprint density at radius 2 is 1.65 bits per heavy atom. The molecule has 0 amide bonds. The van der Waals surface area contributed by atoms with Crippen LogP contribution in [-0.2, 0) is 11.0 Å². The van der Waals surface area contributed by atoms with Crippen LogP contribution in [0.25, 0.3) is 0 Å². The molecule has 3 fully saturated rings. The molecule has 0 aromatic rings. The Bertz CT molecular complexity index is 408. The molecule has 1 unspecified atom stereocenters. The van der Waals surface area contributed by atoms with Crippen molar-refractivity contribution in [3.63, 3.8) is 0 Å². The number of fused-ring (bicyclic) bond motifs is 3. The molecule has 3 aliphatic rings. The van der Waals surface area contributed by atoms with E-state index in [4.69, 9.17) is 0 Å². The van der Waals surface area contributed by atoms with Gasteiger partial charge in [-0.2, -0.15) is 0 Å². The fraction of sp³-hybridized carbons (Fsp3) is 1.00. The number of hydrogen-bond acceptors (Lipinski definition) is 1. The summed E-state index contributed by atoms with van der Waals surface area (Å²) in [6.45, 7) is 8.66. The smallest absolute Gasteiger partial charge is 0.0975 e. The Balaban J connectivity index is 1.90. The van der Waals surface area contributed by atoms with Crippen LogP contribution in [0.1, 0.15) is 79.1 Å². The van der Waals surface area contributed by atoms with Crippen molar-refractivity contribution < 1.29 is 4.21 Å². The average Bonchev–Trinajstić information content (AvgIpc) is 2.93. The van der Waals surface area contributed by atoms with Gasteiger partial charge in [-0.05, 0) is 77.0 Å². The number of hydrogen-bond donors (Lipinski definition) is 1. The van der Waals surface area contributed by atoms with Gasteiger partial charge in [-0.25, -0.2) is 8.93 Å². The van der Waals surface area contributed by atoms with E-state index < -0.39 is 11.0 Å². The van der Waals surface area contributed by atoms with E-state index in [9.17, 15) is 4.21 Å². The fourth-order valence-corrected chi connectivity index (χ4v) is 6.54. The quantitative estimate of drug-likeness (QED) is 0.814. The number of nitrogens with one attached hydrogen (secondary N) is 1. The Hall–Kier alpha value is 0.110. The average molecular weight is 298 g/mol. The molecule has 3 rings (SSSR count). The molecule has 116 valence electrons. The summed E-state index contributed by atoms with van der Waals surface area (Å²) in [6.07, 6.45) is 11.0. The van der Waals surface area contributed by atoms with Crippen LogP contribution in [0.15, 0.2) is 0 Å². The van der Waals surface area contributed by atoms with Gasteiger partial charge in [0, 0.05) is 5.54 Å². The Morgan fingerprint density at radius 3 is 2.25 bits per heavy atom. The van der Waals surface area contributed by atoms with Gasteiger partial charge in [-0.1, -0.05) is 19.3 Å². The second kappa shape index (κ2) is 4.81. The first kappa shape index (κ1) is 15.0. The highest BCUT2D eigenvalue weighted by Crippen LogP contribution is 2.66. The van der Waals surface area contributed by atoms with Crippen LogP contribution < -0.4 is 4.72 Å². The van der Waals surface area contributed by atoms with Crippen molar-refractivity contribution in [2.75, 3.05) is 0 Å². The Labute approximate surface area is 127 Å². The predicted molar refractivity (Wildman–Crippen MR) is 85.8 cm³/mol. The van der Waals surface area contributed by atoms with Crippen molar-refractivity contribution in [2.24, 2.45) is 17.3 Å². The molecule has 0 aromatic heterocycles. The van der Waals surface area contributed by atoms with Gasteiger partial charge in [0.05, 0.1) is 15.7 Å². The molecule has 3 saturated carbocycles. The van der Waals surface area contributed by atoms with Crippen LogP contribution in [0.2, 0.25) is 0 Å². The maximum atomic E-state index is 12.7. The zero-order valence-electron chi connectivity index (χ0n) is 13.6. The lowest BCUT2D eigenvalue weighted by molar-refractivity contribution is 0.0104. The molecule has 0 heterocycles. The number of rotatable bonds is 2. The van der Waals surface area contributed by atoms with E-state index in [1.54, 1.807) is 0 Å². The summed E-state index contributed by atoms with van der Waals surface area (Å²) in [6, 6.07) is 0. The molecule has 0 aliphatic heterocycles. The van der Waals surface area contributed by atoms with E-state index in [1.807, 2.05) is 0 Å². The van der Waals surface area contributed by atoms with E-state index in [1.165, 1.54) is 51.4 Å². The minimum absolute atomic E-state index is 0.106. The predicted octanol–water partition coefficient (Wildman–Crippen LogP) is 4.18. The van der Waals surface area contributed by atoms with Crippen LogP contribution in [-0.4, -0.2) is 14.5 Å². The van der Waals surface area contributed by atoms with Crippen LogP contribution in [0.3, 0.4) is 0 Å². The van der Waals surface area contributed by atoms with Gasteiger partial charge in [0.2, 0.25) is 0 Å². The summed E-state index contributed by atoms with van der Waals surface area (Å²) < 4.78 is 16.2.